The predicted octanol–water partition coefficient (Wildman–Crippen LogP) is 2.65. The molecule has 0 amide bonds. The first-order valence-electron chi connectivity index (χ1n) is 5.85. The summed E-state index contributed by atoms with van der Waals surface area (Å²) >= 11 is 0. The minimum atomic E-state index is -0.717. The number of hydrogen-bond donors (Lipinski definition) is 2. The Labute approximate surface area is 107 Å². The summed E-state index contributed by atoms with van der Waals surface area (Å²) in [7, 11) is 0. The van der Waals surface area contributed by atoms with Crippen LogP contribution >= 0.6 is 0 Å². The molecule has 0 radical (unpaired) electrons. The van der Waals surface area contributed by atoms with Crippen molar-refractivity contribution in [2.75, 3.05) is 6.61 Å². The quantitative estimate of drug-likeness (QED) is 0.868. The summed E-state index contributed by atoms with van der Waals surface area (Å²) in [5, 5.41) is 9.20. The van der Waals surface area contributed by atoms with Gasteiger partial charge in [0.1, 0.15) is 11.5 Å². The van der Waals surface area contributed by atoms with Gasteiger partial charge in [0.05, 0.1) is 12.1 Å². The Bertz CT molecular complexity index is 492. The molecule has 0 bridgehead atoms. The van der Waals surface area contributed by atoms with Gasteiger partial charge in [0.2, 0.25) is 0 Å². The third kappa shape index (κ3) is 2.88. The monoisotopic (exact) mass is 243 g/mol. The molecule has 1 unspecified atom stereocenters. The normalized spacial score (nSPS) is 13.9. The van der Waals surface area contributed by atoms with Crippen molar-refractivity contribution in [1.29, 1.82) is 0 Å². The van der Waals surface area contributed by atoms with E-state index in [0.29, 0.717) is 0 Å². The van der Waals surface area contributed by atoms with E-state index >= 15 is 0 Å². The maximum absolute atomic E-state index is 9.20. The molecule has 0 heterocycles. The number of para-hydroxylation sites is 1. The van der Waals surface area contributed by atoms with Crippen LogP contribution in [-0.2, 0) is 5.54 Å². The van der Waals surface area contributed by atoms with E-state index in [9.17, 15) is 5.11 Å². The first-order chi connectivity index (χ1) is 8.62. The Kier molecular flexibility index (Phi) is 3.65. The minimum absolute atomic E-state index is 0.0914. The Morgan fingerprint density at radius 3 is 2.11 bits per heavy atom. The van der Waals surface area contributed by atoms with Gasteiger partial charge in [0.15, 0.2) is 0 Å². The highest BCUT2D eigenvalue weighted by atomic mass is 16.5. The van der Waals surface area contributed by atoms with Crippen LogP contribution in [0.4, 0.5) is 0 Å². The molecule has 3 N–H and O–H groups in total. The van der Waals surface area contributed by atoms with Crippen molar-refractivity contribution in [1.82, 2.24) is 0 Å². The molecule has 0 aliphatic rings. The molecule has 2 aromatic rings. The number of ether oxygens (including phenoxy) is 1. The van der Waals surface area contributed by atoms with E-state index in [-0.39, 0.29) is 6.61 Å². The molecule has 18 heavy (non-hydrogen) atoms. The van der Waals surface area contributed by atoms with Crippen molar-refractivity contribution >= 4 is 0 Å². The second-order valence-corrected chi connectivity index (χ2v) is 4.52. The summed E-state index contributed by atoms with van der Waals surface area (Å²) in [4.78, 5) is 0. The predicted molar refractivity (Wildman–Crippen MR) is 71.6 cm³/mol. The second kappa shape index (κ2) is 5.21. The van der Waals surface area contributed by atoms with Crippen LogP contribution < -0.4 is 10.5 Å². The molecule has 0 saturated carbocycles. The number of benzene rings is 2. The first-order valence-corrected chi connectivity index (χ1v) is 5.85. The van der Waals surface area contributed by atoms with Crippen LogP contribution in [0.15, 0.2) is 54.6 Å². The number of nitrogens with two attached hydrogens (primary N) is 1. The molecule has 3 heteroatoms. The zero-order valence-electron chi connectivity index (χ0n) is 10.3. The largest absolute Gasteiger partial charge is 0.457 e. The zero-order chi connectivity index (χ0) is 13.0. The lowest BCUT2D eigenvalue weighted by atomic mass is 9.94. The average Bonchev–Trinajstić information content (AvgIpc) is 2.40. The highest BCUT2D eigenvalue weighted by Gasteiger charge is 2.19. The molecule has 0 spiro atoms. The average molecular weight is 243 g/mol. The van der Waals surface area contributed by atoms with Gasteiger partial charge in [-0.15, -0.1) is 0 Å². The van der Waals surface area contributed by atoms with Crippen LogP contribution in [0.3, 0.4) is 0 Å². The van der Waals surface area contributed by atoms with Crippen LogP contribution in [0.2, 0.25) is 0 Å². The van der Waals surface area contributed by atoms with E-state index < -0.39 is 5.54 Å². The molecule has 0 aliphatic carbocycles. The molecule has 0 aromatic heterocycles. The molecule has 2 rings (SSSR count). The van der Waals surface area contributed by atoms with E-state index in [1.165, 1.54) is 0 Å². The minimum Gasteiger partial charge on any atom is -0.457 e. The fraction of sp³-hybridized carbons (Fsp3) is 0.200. The molecule has 0 fully saturated rings. The van der Waals surface area contributed by atoms with Gasteiger partial charge in [0.25, 0.3) is 0 Å². The van der Waals surface area contributed by atoms with Crippen LogP contribution in [0, 0.1) is 0 Å². The zero-order valence-corrected chi connectivity index (χ0v) is 10.3. The van der Waals surface area contributed by atoms with Crippen molar-refractivity contribution in [3.05, 3.63) is 60.2 Å². The number of rotatable bonds is 4. The second-order valence-electron chi connectivity index (χ2n) is 4.52. The Morgan fingerprint density at radius 1 is 1.00 bits per heavy atom. The highest BCUT2D eigenvalue weighted by Crippen LogP contribution is 2.24. The van der Waals surface area contributed by atoms with Gasteiger partial charge >= 0.3 is 0 Å². The van der Waals surface area contributed by atoms with Crippen molar-refractivity contribution in [2.24, 2.45) is 5.73 Å². The summed E-state index contributed by atoms with van der Waals surface area (Å²) in [6.45, 7) is 1.70. The van der Waals surface area contributed by atoms with Gasteiger partial charge < -0.3 is 15.6 Å². The van der Waals surface area contributed by atoms with Crippen molar-refractivity contribution in [3.8, 4) is 11.5 Å². The Hall–Kier alpha value is -1.84. The SMILES string of the molecule is CC(N)(CO)c1ccc(Oc2ccccc2)cc1. The fourth-order valence-electron chi connectivity index (χ4n) is 1.62. The Morgan fingerprint density at radius 2 is 1.56 bits per heavy atom. The van der Waals surface area contributed by atoms with Crippen molar-refractivity contribution < 1.29 is 9.84 Å². The molecule has 0 aliphatic heterocycles. The van der Waals surface area contributed by atoms with Crippen LogP contribution in [0.25, 0.3) is 0 Å². The summed E-state index contributed by atoms with van der Waals surface area (Å²) in [6.07, 6.45) is 0. The Balaban J connectivity index is 2.14. The van der Waals surface area contributed by atoms with Gasteiger partial charge in [-0.2, -0.15) is 0 Å². The van der Waals surface area contributed by atoms with Crippen molar-refractivity contribution in [3.63, 3.8) is 0 Å². The van der Waals surface area contributed by atoms with Gasteiger partial charge in [-0.25, -0.2) is 0 Å². The van der Waals surface area contributed by atoms with Gasteiger partial charge in [-0.3, -0.25) is 0 Å². The third-order valence-corrected chi connectivity index (χ3v) is 2.82. The molecular formula is C15H17NO2. The maximum Gasteiger partial charge on any atom is 0.127 e. The van der Waals surface area contributed by atoms with E-state index in [2.05, 4.69) is 0 Å². The van der Waals surface area contributed by atoms with Gasteiger partial charge in [-0.05, 0) is 36.8 Å². The summed E-state index contributed by atoms with van der Waals surface area (Å²) in [5.41, 5.74) is 6.11. The van der Waals surface area contributed by atoms with Crippen molar-refractivity contribution in [2.45, 2.75) is 12.5 Å². The number of aliphatic hydroxyl groups is 1. The molecule has 1 atom stereocenters. The lowest BCUT2D eigenvalue weighted by molar-refractivity contribution is 0.210. The highest BCUT2D eigenvalue weighted by molar-refractivity contribution is 5.35. The molecule has 2 aromatic carbocycles. The van der Waals surface area contributed by atoms with E-state index in [1.807, 2.05) is 54.6 Å². The summed E-state index contributed by atoms with van der Waals surface area (Å²) in [6, 6.07) is 17.0. The van der Waals surface area contributed by atoms with Crippen LogP contribution in [-0.4, -0.2) is 11.7 Å². The van der Waals surface area contributed by atoms with Gasteiger partial charge in [0, 0.05) is 0 Å². The van der Waals surface area contributed by atoms with E-state index in [4.69, 9.17) is 10.5 Å². The van der Waals surface area contributed by atoms with Gasteiger partial charge in [-0.1, -0.05) is 30.3 Å². The van der Waals surface area contributed by atoms with Crippen LogP contribution in [0.5, 0.6) is 11.5 Å². The first kappa shape index (κ1) is 12.6. The molecule has 0 saturated heterocycles. The number of hydrogen-bond acceptors (Lipinski definition) is 3. The topological polar surface area (TPSA) is 55.5 Å². The van der Waals surface area contributed by atoms with Crippen LogP contribution in [0.1, 0.15) is 12.5 Å². The fourth-order valence-corrected chi connectivity index (χ4v) is 1.62. The van der Waals surface area contributed by atoms with E-state index in [1.54, 1.807) is 6.92 Å². The smallest absolute Gasteiger partial charge is 0.127 e. The number of aliphatic hydroxyl groups excluding tert-OH is 1. The lowest BCUT2D eigenvalue weighted by Gasteiger charge is -2.22. The third-order valence-electron chi connectivity index (χ3n) is 2.82. The standard InChI is InChI=1S/C15H17NO2/c1-15(16,11-17)12-7-9-14(10-8-12)18-13-5-3-2-4-6-13/h2-10,17H,11,16H2,1H3. The lowest BCUT2D eigenvalue weighted by Crippen LogP contribution is -2.36. The maximum atomic E-state index is 9.20. The molecule has 94 valence electrons. The summed E-state index contributed by atoms with van der Waals surface area (Å²) < 4.78 is 5.68. The summed E-state index contributed by atoms with van der Waals surface area (Å²) in [5.74, 6) is 1.54. The molecule has 3 nitrogen and oxygen atoms in total. The van der Waals surface area contributed by atoms with E-state index in [0.717, 1.165) is 17.1 Å². The molecular weight excluding hydrogens is 226 g/mol.